The Morgan fingerprint density at radius 3 is 1.62 bits per heavy atom. The first-order valence-electron chi connectivity index (χ1n) is 13.5. The summed E-state index contributed by atoms with van der Waals surface area (Å²) >= 11 is 0. The number of methoxy groups -OCH3 is 1. The number of halogens is 1. The Labute approximate surface area is 254 Å². The number of rotatable bonds is 6. The lowest BCUT2D eigenvalue weighted by Crippen LogP contribution is -2.47. The summed E-state index contributed by atoms with van der Waals surface area (Å²) in [5, 5.41) is 0. The summed E-state index contributed by atoms with van der Waals surface area (Å²) in [5.74, 6) is -2.33. The summed E-state index contributed by atoms with van der Waals surface area (Å²) < 4.78 is 18.5. The van der Waals surface area contributed by atoms with E-state index in [4.69, 9.17) is 14.2 Å². The maximum absolute atomic E-state index is 14.3. The number of carbonyl (C=O) groups is 4. The normalized spacial score (nSPS) is 14.1. The van der Waals surface area contributed by atoms with Crippen LogP contribution in [-0.2, 0) is 9.59 Å². The molecule has 2 heterocycles. The van der Waals surface area contributed by atoms with E-state index < -0.39 is 34.6 Å². The molecule has 12 heteroatoms. The number of benzene rings is 1. The first-order valence-corrected chi connectivity index (χ1v) is 13.5. The standard InChI is InChI=1S/C30H42N4O7.ClH/c1-29(2,3)27(37)40-23-21(25(35)31(7)8)34(19-11-13-20(39-10)14-12-19)22(24(23)41-28(38)30(4,5)6)26(36)33-17-15-32(9)16-18-33;/h11-14H,15-18H2,1-10H3;1H. The molecule has 0 atom stereocenters. The Kier molecular flexibility index (Phi) is 10.9. The van der Waals surface area contributed by atoms with Crippen molar-refractivity contribution in [1.82, 2.24) is 19.3 Å². The van der Waals surface area contributed by atoms with Gasteiger partial charge in [-0.25, -0.2) is 0 Å². The van der Waals surface area contributed by atoms with Crippen LogP contribution in [0.15, 0.2) is 24.3 Å². The summed E-state index contributed by atoms with van der Waals surface area (Å²) in [4.78, 5) is 59.7. The van der Waals surface area contributed by atoms with Gasteiger partial charge < -0.3 is 28.9 Å². The molecular weight excluding hydrogens is 564 g/mol. The molecule has 0 saturated carbocycles. The highest BCUT2D eigenvalue weighted by Crippen LogP contribution is 2.43. The van der Waals surface area contributed by atoms with E-state index in [1.54, 1.807) is 84.8 Å². The highest BCUT2D eigenvalue weighted by atomic mass is 35.5. The molecule has 0 unspecified atom stereocenters. The van der Waals surface area contributed by atoms with Crippen molar-refractivity contribution >= 4 is 36.2 Å². The monoisotopic (exact) mass is 606 g/mol. The first kappa shape index (κ1) is 34.6. The van der Waals surface area contributed by atoms with Gasteiger partial charge in [0, 0.05) is 46.0 Å². The van der Waals surface area contributed by atoms with E-state index >= 15 is 0 Å². The number of aromatic nitrogens is 1. The Morgan fingerprint density at radius 2 is 1.21 bits per heavy atom. The average molecular weight is 607 g/mol. The fourth-order valence-corrected chi connectivity index (χ4v) is 3.96. The lowest BCUT2D eigenvalue weighted by molar-refractivity contribution is -0.145. The molecule has 2 aromatic rings. The zero-order chi connectivity index (χ0) is 30.9. The minimum absolute atomic E-state index is 0. The van der Waals surface area contributed by atoms with Crippen molar-refractivity contribution in [3.8, 4) is 22.9 Å². The molecule has 232 valence electrons. The van der Waals surface area contributed by atoms with Crippen molar-refractivity contribution in [2.45, 2.75) is 41.5 Å². The van der Waals surface area contributed by atoms with E-state index in [1.807, 2.05) is 7.05 Å². The van der Waals surface area contributed by atoms with Crippen LogP contribution in [0.25, 0.3) is 5.69 Å². The van der Waals surface area contributed by atoms with Crippen molar-refractivity contribution in [1.29, 1.82) is 0 Å². The lowest BCUT2D eigenvalue weighted by Gasteiger charge is -2.32. The van der Waals surface area contributed by atoms with E-state index in [2.05, 4.69) is 4.90 Å². The van der Waals surface area contributed by atoms with Crippen molar-refractivity contribution in [2.75, 3.05) is 54.4 Å². The number of esters is 2. The van der Waals surface area contributed by atoms with E-state index in [1.165, 1.54) is 16.6 Å². The van der Waals surface area contributed by atoms with Gasteiger partial charge in [-0.3, -0.25) is 23.7 Å². The van der Waals surface area contributed by atoms with Crippen molar-refractivity contribution in [2.24, 2.45) is 10.8 Å². The largest absolute Gasteiger partial charge is 0.497 e. The molecule has 1 aromatic carbocycles. The Hall–Kier alpha value is -3.57. The Balaban J connectivity index is 0.00000616. The molecule has 0 radical (unpaired) electrons. The minimum Gasteiger partial charge on any atom is -0.497 e. The van der Waals surface area contributed by atoms with Crippen LogP contribution >= 0.6 is 12.4 Å². The van der Waals surface area contributed by atoms with Crippen LogP contribution in [-0.4, -0.2) is 97.5 Å². The van der Waals surface area contributed by atoms with Gasteiger partial charge in [-0.05, 0) is 72.9 Å². The molecule has 0 aliphatic carbocycles. The summed E-state index contributed by atoms with van der Waals surface area (Å²) in [6.07, 6.45) is 0. The molecule has 1 aromatic heterocycles. The second-order valence-electron chi connectivity index (χ2n) is 12.5. The van der Waals surface area contributed by atoms with Gasteiger partial charge in [-0.15, -0.1) is 12.4 Å². The molecule has 3 rings (SSSR count). The van der Waals surface area contributed by atoms with Crippen LogP contribution in [0.5, 0.6) is 17.2 Å². The van der Waals surface area contributed by atoms with Crippen LogP contribution < -0.4 is 14.2 Å². The fourth-order valence-electron chi connectivity index (χ4n) is 3.96. The molecule has 1 fully saturated rings. The van der Waals surface area contributed by atoms with Crippen molar-refractivity contribution in [3.05, 3.63) is 35.7 Å². The number of likely N-dealkylation sites (N-methyl/N-ethyl adjacent to an activating group) is 1. The summed E-state index contributed by atoms with van der Waals surface area (Å²) in [7, 11) is 6.59. The maximum Gasteiger partial charge on any atom is 0.316 e. The van der Waals surface area contributed by atoms with Gasteiger partial charge >= 0.3 is 11.9 Å². The quantitative estimate of drug-likeness (QED) is 0.455. The van der Waals surface area contributed by atoms with E-state index in [0.29, 0.717) is 37.6 Å². The smallest absolute Gasteiger partial charge is 0.316 e. The van der Waals surface area contributed by atoms with Gasteiger partial charge in [-0.1, -0.05) is 0 Å². The van der Waals surface area contributed by atoms with Crippen LogP contribution in [0, 0.1) is 10.8 Å². The second kappa shape index (κ2) is 13.2. The number of nitrogens with zero attached hydrogens (tertiary/aromatic N) is 4. The molecule has 1 saturated heterocycles. The third-order valence-electron chi connectivity index (χ3n) is 6.63. The van der Waals surface area contributed by atoms with Crippen molar-refractivity contribution in [3.63, 3.8) is 0 Å². The molecule has 1 aliphatic rings. The molecule has 2 amide bonds. The summed E-state index contributed by atoms with van der Waals surface area (Å²) in [6, 6.07) is 6.73. The van der Waals surface area contributed by atoms with Gasteiger partial charge in [0.2, 0.25) is 11.5 Å². The van der Waals surface area contributed by atoms with Crippen LogP contribution in [0.4, 0.5) is 0 Å². The van der Waals surface area contributed by atoms with E-state index in [0.717, 1.165) is 0 Å². The number of hydrogen-bond donors (Lipinski definition) is 0. The van der Waals surface area contributed by atoms with Crippen LogP contribution in [0.2, 0.25) is 0 Å². The number of carbonyl (C=O) groups excluding carboxylic acids is 4. The maximum atomic E-state index is 14.3. The van der Waals surface area contributed by atoms with E-state index in [9.17, 15) is 19.2 Å². The average Bonchev–Trinajstić information content (AvgIpc) is 3.20. The highest BCUT2D eigenvalue weighted by Gasteiger charge is 2.41. The first-order chi connectivity index (χ1) is 19.0. The molecule has 0 N–H and O–H groups in total. The van der Waals surface area contributed by atoms with Crippen LogP contribution in [0.1, 0.15) is 62.5 Å². The SMILES string of the molecule is COc1ccc(-n2c(C(=O)N(C)C)c(OC(=O)C(C)(C)C)c(OC(=O)C(C)(C)C)c2C(=O)N2CCN(C)CC2)cc1.Cl. The van der Waals surface area contributed by atoms with Crippen molar-refractivity contribution < 1.29 is 33.4 Å². The predicted octanol–water partition coefficient (Wildman–Crippen LogP) is 3.90. The Bertz CT molecular complexity index is 1310. The third kappa shape index (κ3) is 7.43. The molecule has 11 nitrogen and oxygen atoms in total. The molecule has 0 bridgehead atoms. The second-order valence-corrected chi connectivity index (χ2v) is 12.5. The summed E-state index contributed by atoms with van der Waals surface area (Å²) in [5.41, 5.74) is -1.72. The topological polar surface area (TPSA) is 111 Å². The van der Waals surface area contributed by atoms with Crippen LogP contribution in [0.3, 0.4) is 0 Å². The van der Waals surface area contributed by atoms with Gasteiger partial charge in [0.1, 0.15) is 5.75 Å². The number of hydrogen-bond acceptors (Lipinski definition) is 8. The molecule has 1 aliphatic heterocycles. The molecule has 42 heavy (non-hydrogen) atoms. The predicted molar refractivity (Wildman–Crippen MR) is 161 cm³/mol. The molecule has 0 spiro atoms. The zero-order valence-corrected chi connectivity index (χ0v) is 27.0. The van der Waals surface area contributed by atoms with E-state index in [-0.39, 0.29) is 35.3 Å². The Morgan fingerprint density at radius 1 is 0.762 bits per heavy atom. The number of amides is 2. The molecular formula is C30H43ClN4O7. The van der Waals surface area contributed by atoms with Gasteiger partial charge in [0.15, 0.2) is 11.4 Å². The van der Waals surface area contributed by atoms with Gasteiger partial charge in [-0.2, -0.15) is 0 Å². The van der Waals surface area contributed by atoms with Gasteiger partial charge in [0.05, 0.1) is 17.9 Å². The number of piperazine rings is 1. The van der Waals surface area contributed by atoms with Gasteiger partial charge in [0.25, 0.3) is 11.8 Å². The minimum atomic E-state index is -0.965. The lowest BCUT2D eigenvalue weighted by atomic mass is 9.97. The highest BCUT2D eigenvalue weighted by molar-refractivity contribution is 6.06. The third-order valence-corrected chi connectivity index (χ3v) is 6.63. The summed E-state index contributed by atoms with van der Waals surface area (Å²) in [6.45, 7) is 12.1. The number of ether oxygens (including phenoxy) is 3. The zero-order valence-electron chi connectivity index (χ0n) is 26.2. The fraction of sp³-hybridized carbons (Fsp3) is 0.533.